The number of aryl methyl sites for hydroxylation is 2. The average Bonchev–Trinajstić information content (AvgIpc) is 3.23. The number of rotatable bonds is 11. The van der Waals surface area contributed by atoms with E-state index in [0.717, 1.165) is 41.9 Å². The minimum atomic E-state index is -0.738. The van der Waals surface area contributed by atoms with E-state index in [1.165, 1.54) is 0 Å². The minimum absolute atomic E-state index is 0.190. The van der Waals surface area contributed by atoms with Crippen LogP contribution < -0.4 is 10.6 Å². The largest absolute Gasteiger partial charge is 0.481 e. The van der Waals surface area contributed by atoms with E-state index in [1.807, 2.05) is 61.8 Å². The summed E-state index contributed by atoms with van der Waals surface area (Å²) in [6, 6.07) is 11.5. The number of carbonyl (C=O) groups excluding carboxylic acids is 1. The molecule has 0 aliphatic carbocycles. The fraction of sp³-hybridized carbons (Fsp3) is 0.370. The van der Waals surface area contributed by atoms with Gasteiger partial charge in [-0.25, -0.2) is 4.98 Å². The number of nitrogens with one attached hydrogen (secondary N) is 2. The molecule has 0 radical (unpaired) electrons. The number of carboxylic acids is 1. The number of carbonyl (C=O) groups is 2. The molecule has 7 heteroatoms. The maximum Gasteiger partial charge on any atom is 0.303 e. The Hall–Kier alpha value is -3.61. The Kier molecular flexibility index (Phi) is 8.46. The minimum Gasteiger partial charge on any atom is -0.481 e. The molecule has 0 bridgehead atoms. The lowest BCUT2D eigenvalue weighted by atomic mass is 9.96. The molecule has 1 atom stereocenters. The number of unbranched alkanes of at least 4 members (excludes halogenated alkanes) is 1. The van der Waals surface area contributed by atoms with Gasteiger partial charge >= 0.3 is 5.97 Å². The Bertz CT molecular complexity index is 1180. The van der Waals surface area contributed by atoms with E-state index in [0.29, 0.717) is 29.2 Å². The normalized spacial score (nSPS) is 12.5. The lowest BCUT2D eigenvalue weighted by molar-refractivity contribution is -0.137. The molecule has 0 spiro atoms. The van der Waals surface area contributed by atoms with Gasteiger partial charge in [0.15, 0.2) is 0 Å². The van der Waals surface area contributed by atoms with Crippen LogP contribution in [0, 0.1) is 19.8 Å². The van der Waals surface area contributed by atoms with E-state index < -0.39 is 5.97 Å². The lowest BCUT2D eigenvalue weighted by Crippen LogP contribution is -2.13. The summed E-state index contributed by atoms with van der Waals surface area (Å²) in [5.74, 6) is -0.554. The number of hydrogen-bond acceptors (Lipinski definition) is 4. The second kappa shape index (κ2) is 11.5. The molecule has 3 aromatic rings. The molecule has 3 rings (SSSR count). The Morgan fingerprint density at radius 2 is 1.88 bits per heavy atom. The number of allylic oxidation sites excluding steroid dienone is 1. The van der Waals surface area contributed by atoms with Gasteiger partial charge in [0.1, 0.15) is 5.65 Å². The first-order chi connectivity index (χ1) is 16.3. The summed E-state index contributed by atoms with van der Waals surface area (Å²) in [6.07, 6.45) is 7.86. The molecular formula is C27H34N4O3. The number of amides is 1. The van der Waals surface area contributed by atoms with Crippen LogP contribution in [-0.2, 0) is 4.79 Å². The van der Waals surface area contributed by atoms with Crippen LogP contribution in [0.5, 0.6) is 0 Å². The SMILES string of the molecule is CCC(/C=C(\NC)c1ccc(NC(=O)c2ccn3c(C)cc(C)nc23)cc1)CCCCC(=O)O. The predicted octanol–water partition coefficient (Wildman–Crippen LogP) is 5.43. The Labute approximate surface area is 200 Å². The highest BCUT2D eigenvalue weighted by molar-refractivity contribution is 6.08. The van der Waals surface area contributed by atoms with Crippen molar-refractivity contribution in [3.05, 3.63) is 71.2 Å². The maximum atomic E-state index is 12.9. The van der Waals surface area contributed by atoms with Crippen LogP contribution in [0.1, 0.15) is 66.3 Å². The van der Waals surface area contributed by atoms with Gasteiger partial charge in [-0.3, -0.25) is 9.59 Å². The number of hydrogen-bond donors (Lipinski definition) is 3. The Morgan fingerprint density at radius 1 is 1.15 bits per heavy atom. The second-order valence-electron chi connectivity index (χ2n) is 8.63. The molecule has 2 heterocycles. The third-order valence-electron chi connectivity index (χ3n) is 6.05. The second-order valence-corrected chi connectivity index (χ2v) is 8.63. The molecule has 1 unspecified atom stereocenters. The van der Waals surface area contributed by atoms with E-state index in [4.69, 9.17) is 5.11 Å². The highest BCUT2D eigenvalue weighted by atomic mass is 16.4. The number of fused-ring (bicyclic) bond motifs is 1. The average molecular weight is 463 g/mol. The van der Waals surface area contributed by atoms with Crippen LogP contribution in [0.2, 0.25) is 0 Å². The third kappa shape index (κ3) is 6.25. The van der Waals surface area contributed by atoms with Gasteiger partial charge in [-0.1, -0.05) is 31.6 Å². The van der Waals surface area contributed by atoms with Gasteiger partial charge in [-0.05, 0) is 68.9 Å². The topological polar surface area (TPSA) is 95.7 Å². The summed E-state index contributed by atoms with van der Waals surface area (Å²) < 4.78 is 1.92. The zero-order valence-electron chi connectivity index (χ0n) is 20.4. The molecule has 1 aromatic carbocycles. The quantitative estimate of drug-likeness (QED) is 0.330. The Balaban J connectivity index is 1.69. The third-order valence-corrected chi connectivity index (χ3v) is 6.05. The molecule has 2 aromatic heterocycles. The molecule has 0 aliphatic heterocycles. The maximum absolute atomic E-state index is 12.9. The monoisotopic (exact) mass is 462 g/mol. The first kappa shape index (κ1) is 25.0. The van der Waals surface area contributed by atoms with Crippen LogP contribution in [-0.4, -0.2) is 33.4 Å². The highest BCUT2D eigenvalue weighted by Crippen LogP contribution is 2.23. The molecule has 0 saturated carbocycles. The van der Waals surface area contributed by atoms with Gasteiger partial charge in [0.05, 0.1) is 5.56 Å². The number of nitrogens with zero attached hydrogens (tertiary/aromatic N) is 2. The molecule has 180 valence electrons. The van der Waals surface area contributed by atoms with Crippen molar-refractivity contribution < 1.29 is 14.7 Å². The van der Waals surface area contributed by atoms with Crippen molar-refractivity contribution in [1.82, 2.24) is 14.7 Å². The van der Waals surface area contributed by atoms with Gasteiger partial charge in [-0.15, -0.1) is 0 Å². The summed E-state index contributed by atoms with van der Waals surface area (Å²) in [6.45, 7) is 6.06. The number of anilines is 1. The molecule has 3 N–H and O–H groups in total. The predicted molar refractivity (Wildman–Crippen MR) is 136 cm³/mol. The van der Waals surface area contributed by atoms with Crippen molar-refractivity contribution in [3.63, 3.8) is 0 Å². The smallest absolute Gasteiger partial charge is 0.303 e. The van der Waals surface area contributed by atoms with Crippen molar-refractivity contribution in [3.8, 4) is 0 Å². The van der Waals surface area contributed by atoms with Gasteiger partial charge in [0.2, 0.25) is 0 Å². The highest BCUT2D eigenvalue weighted by Gasteiger charge is 2.15. The lowest BCUT2D eigenvalue weighted by Gasteiger charge is -2.15. The van der Waals surface area contributed by atoms with Crippen LogP contribution >= 0.6 is 0 Å². The van der Waals surface area contributed by atoms with Gasteiger partial charge in [0, 0.05) is 42.4 Å². The zero-order valence-corrected chi connectivity index (χ0v) is 20.4. The van der Waals surface area contributed by atoms with Gasteiger partial charge in [0.25, 0.3) is 5.91 Å². The summed E-state index contributed by atoms with van der Waals surface area (Å²) in [4.78, 5) is 28.2. The van der Waals surface area contributed by atoms with E-state index in [9.17, 15) is 9.59 Å². The summed E-state index contributed by atoms with van der Waals surface area (Å²) in [5.41, 5.74) is 5.88. The summed E-state index contributed by atoms with van der Waals surface area (Å²) >= 11 is 0. The number of carboxylic acid groups (broad SMARTS) is 1. The van der Waals surface area contributed by atoms with Gasteiger partial charge in [-0.2, -0.15) is 0 Å². The van der Waals surface area contributed by atoms with Crippen LogP contribution in [0.15, 0.2) is 48.7 Å². The Morgan fingerprint density at radius 3 is 2.53 bits per heavy atom. The summed E-state index contributed by atoms with van der Waals surface area (Å²) in [5, 5.41) is 15.1. The number of aliphatic carboxylic acids is 1. The van der Waals surface area contributed by atoms with Crippen molar-refractivity contribution in [1.29, 1.82) is 0 Å². The molecule has 0 aliphatic rings. The van der Waals surface area contributed by atoms with E-state index in [-0.39, 0.29) is 12.3 Å². The van der Waals surface area contributed by atoms with E-state index in [1.54, 1.807) is 6.07 Å². The van der Waals surface area contributed by atoms with Crippen molar-refractivity contribution >= 4 is 28.9 Å². The van der Waals surface area contributed by atoms with E-state index >= 15 is 0 Å². The van der Waals surface area contributed by atoms with Crippen molar-refractivity contribution in [2.24, 2.45) is 5.92 Å². The molecule has 0 fully saturated rings. The molecular weight excluding hydrogens is 428 g/mol. The first-order valence-corrected chi connectivity index (χ1v) is 11.8. The van der Waals surface area contributed by atoms with Crippen LogP contribution in [0.25, 0.3) is 11.3 Å². The molecule has 34 heavy (non-hydrogen) atoms. The van der Waals surface area contributed by atoms with Crippen molar-refractivity contribution in [2.75, 3.05) is 12.4 Å². The standard InChI is InChI=1S/C27H34N4O3/c1-5-20(8-6-7-9-25(32)33)17-24(28-4)21-10-12-22(13-11-21)30-27(34)23-14-15-31-19(3)16-18(2)29-26(23)31/h10-17,20,28H,5-9H2,1-4H3,(H,30,34)(H,32,33)/b24-17-. The van der Waals surface area contributed by atoms with Gasteiger partial charge < -0.3 is 20.1 Å². The number of benzene rings is 1. The molecule has 0 saturated heterocycles. The summed E-state index contributed by atoms with van der Waals surface area (Å²) in [7, 11) is 1.90. The fourth-order valence-corrected chi connectivity index (χ4v) is 4.15. The van der Waals surface area contributed by atoms with Crippen LogP contribution in [0.4, 0.5) is 5.69 Å². The first-order valence-electron chi connectivity index (χ1n) is 11.8. The van der Waals surface area contributed by atoms with Crippen molar-refractivity contribution in [2.45, 2.75) is 52.9 Å². The van der Waals surface area contributed by atoms with E-state index in [2.05, 4.69) is 28.6 Å². The fourth-order valence-electron chi connectivity index (χ4n) is 4.15. The van der Waals surface area contributed by atoms with Crippen LogP contribution in [0.3, 0.4) is 0 Å². The molecule has 7 nitrogen and oxygen atoms in total. The molecule has 1 amide bonds. The zero-order chi connectivity index (χ0) is 24.7. The number of aromatic nitrogens is 2.